The third-order valence-electron chi connectivity index (χ3n) is 3.79. The number of anilines is 1. The Morgan fingerprint density at radius 1 is 1.30 bits per heavy atom. The second kappa shape index (κ2) is 7.41. The lowest BCUT2D eigenvalue weighted by atomic mass is 10.2. The zero-order valence-electron chi connectivity index (χ0n) is 12.2. The average Bonchev–Trinajstić information content (AvgIpc) is 2.87. The summed E-state index contributed by atoms with van der Waals surface area (Å²) in [6.07, 6.45) is 3.85. The number of hydrogen-bond acceptors (Lipinski definition) is 3. The van der Waals surface area contributed by atoms with Gasteiger partial charge in [0.05, 0.1) is 6.54 Å². The summed E-state index contributed by atoms with van der Waals surface area (Å²) in [4.78, 5) is 16.3. The van der Waals surface area contributed by atoms with Crippen molar-refractivity contribution < 1.29 is 9.90 Å². The van der Waals surface area contributed by atoms with E-state index in [4.69, 9.17) is 5.11 Å². The first kappa shape index (κ1) is 15.0. The Kier molecular flexibility index (Phi) is 5.56. The predicted octanol–water partition coefficient (Wildman–Crippen LogP) is 1.67. The number of benzene rings is 1. The third kappa shape index (κ3) is 3.81. The molecule has 1 heterocycles. The maximum Gasteiger partial charge on any atom is 0.241 e. The number of unbranched alkanes of at least 4 members (excludes halogenated alkanes) is 2. The van der Waals surface area contributed by atoms with Crippen LogP contribution < -0.4 is 4.90 Å². The van der Waals surface area contributed by atoms with Gasteiger partial charge in [0.15, 0.2) is 0 Å². The van der Waals surface area contributed by atoms with Crippen LogP contribution >= 0.6 is 0 Å². The Balaban J connectivity index is 1.81. The minimum Gasteiger partial charge on any atom is -0.396 e. The number of aliphatic hydroxyl groups is 1. The maximum absolute atomic E-state index is 12.4. The first-order chi connectivity index (χ1) is 9.72. The molecule has 20 heavy (non-hydrogen) atoms. The summed E-state index contributed by atoms with van der Waals surface area (Å²) in [7, 11) is 1.98. The molecule has 1 aliphatic rings. The number of amides is 1. The van der Waals surface area contributed by atoms with Gasteiger partial charge >= 0.3 is 0 Å². The van der Waals surface area contributed by atoms with Gasteiger partial charge in [0.25, 0.3) is 0 Å². The molecule has 1 amide bonds. The molecule has 0 unspecified atom stereocenters. The summed E-state index contributed by atoms with van der Waals surface area (Å²) in [5.41, 5.74) is 2.35. The van der Waals surface area contributed by atoms with E-state index in [1.54, 1.807) is 0 Å². The van der Waals surface area contributed by atoms with Crippen LogP contribution in [0, 0.1) is 0 Å². The minimum atomic E-state index is 0.180. The number of carbonyl (C=O) groups excluding carboxylic acids is 1. The van der Waals surface area contributed by atoms with Crippen LogP contribution in [0.4, 0.5) is 5.69 Å². The maximum atomic E-state index is 12.4. The van der Waals surface area contributed by atoms with Gasteiger partial charge in [0.1, 0.15) is 0 Å². The normalized spacial score (nSPS) is 13.8. The quantitative estimate of drug-likeness (QED) is 0.770. The van der Waals surface area contributed by atoms with Gasteiger partial charge in [-0.1, -0.05) is 18.2 Å². The highest BCUT2D eigenvalue weighted by Crippen LogP contribution is 2.27. The molecule has 1 N–H and O–H groups in total. The number of carbonyl (C=O) groups is 1. The fourth-order valence-electron chi connectivity index (χ4n) is 2.66. The number of rotatable bonds is 7. The van der Waals surface area contributed by atoms with Crippen LogP contribution in [0.5, 0.6) is 0 Å². The first-order valence-electron chi connectivity index (χ1n) is 7.40. The number of fused-ring (bicyclic) bond motifs is 1. The van der Waals surface area contributed by atoms with Crippen LogP contribution in [0.25, 0.3) is 0 Å². The van der Waals surface area contributed by atoms with Crippen LogP contribution in [-0.4, -0.2) is 49.2 Å². The minimum absolute atomic E-state index is 0.180. The Hall–Kier alpha value is -1.39. The Bertz CT molecular complexity index is 448. The molecule has 4 nitrogen and oxygen atoms in total. The van der Waals surface area contributed by atoms with Gasteiger partial charge in [0.2, 0.25) is 5.91 Å². The Labute approximate surface area is 121 Å². The Morgan fingerprint density at radius 3 is 2.90 bits per heavy atom. The van der Waals surface area contributed by atoms with E-state index in [-0.39, 0.29) is 12.5 Å². The van der Waals surface area contributed by atoms with E-state index in [2.05, 4.69) is 11.0 Å². The summed E-state index contributed by atoms with van der Waals surface area (Å²) in [5, 5.41) is 8.74. The van der Waals surface area contributed by atoms with Crippen LogP contribution in [0.3, 0.4) is 0 Å². The van der Waals surface area contributed by atoms with Crippen molar-refractivity contribution in [3.05, 3.63) is 29.8 Å². The van der Waals surface area contributed by atoms with Gasteiger partial charge in [-0.05, 0) is 50.9 Å². The lowest BCUT2D eigenvalue weighted by Crippen LogP contribution is -2.38. The van der Waals surface area contributed by atoms with Crippen molar-refractivity contribution in [2.75, 3.05) is 38.2 Å². The second-order valence-electron chi connectivity index (χ2n) is 5.45. The standard InChI is InChI=1S/C16H24N2O2/c1-17(10-5-2-6-12-19)13-16(20)18-11-9-14-7-3-4-8-15(14)18/h3-4,7-8,19H,2,5-6,9-13H2,1H3. The molecular weight excluding hydrogens is 252 g/mol. The lowest BCUT2D eigenvalue weighted by Gasteiger charge is -2.22. The molecule has 0 aliphatic carbocycles. The van der Waals surface area contributed by atoms with Crippen molar-refractivity contribution in [1.29, 1.82) is 0 Å². The molecule has 0 aromatic heterocycles. The van der Waals surface area contributed by atoms with Gasteiger partial charge in [-0.25, -0.2) is 0 Å². The van der Waals surface area contributed by atoms with Crippen molar-refractivity contribution >= 4 is 11.6 Å². The van der Waals surface area contributed by atoms with E-state index < -0.39 is 0 Å². The molecule has 0 saturated heterocycles. The van der Waals surface area contributed by atoms with Gasteiger partial charge < -0.3 is 10.0 Å². The molecule has 0 atom stereocenters. The van der Waals surface area contributed by atoms with Crippen LogP contribution in [0.15, 0.2) is 24.3 Å². The van der Waals surface area contributed by atoms with E-state index >= 15 is 0 Å². The molecule has 0 bridgehead atoms. The van der Waals surface area contributed by atoms with Crippen LogP contribution in [0.1, 0.15) is 24.8 Å². The zero-order chi connectivity index (χ0) is 14.4. The highest BCUT2D eigenvalue weighted by molar-refractivity contribution is 5.96. The molecular formula is C16H24N2O2. The lowest BCUT2D eigenvalue weighted by molar-refractivity contribution is -0.119. The summed E-state index contributed by atoms with van der Waals surface area (Å²) in [5.74, 6) is 0.180. The largest absolute Gasteiger partial charge is 0.396 e. The van der Waals surface area contributed by atoms with Crippen molar-refractivity contribution in [1.82, 2.24) is 4.90 Å². The summed E-state index contributed by atoms with van der Waals surface area (Å²) in [6, 6.07) is 8.14. The molecule has 2 rings (SSSR count). The molecule has 1 aliphatic heterocycles. The van der Waals surface area contributed by atoms with E-state index in [0.717, 1.165) is 44.5 Å². The number of para-hydroxylation sites is 1. The number of hydrogen-bond donors (Lipinski definition) is 1. The highest BCUT2D eigenvalue weighted by atomic mass is 16.2. The van der Waals surface area contributed by atoms with Gasteiger partial charge in [0, 0.05) is 18.8 Å². The van der Waals surface area contributed by atoms with Gasteiger partial charge in [-0.15, -0.1) is 0 Å². The van der Waals surface area contributed by atoms with Crippen molar-refractivity contribution in [3.8, 4) is 0 Å². The molecule has 0 spiro atoms. The predicted molar refractivity (Wildman–Crippen MR) is 80.9 cm³/mol. The van der Waals surface area contributed by atoms with Crippen LogP contribution in [-0.2, 0) is 11.2 Å². The van der Waals surface area contributed by atoms with Gasteiger partial charge in [-0.3, -0.25) is 9.69 Å². The molecule has 4 heteroatoms. The smallest absolute Gasteiger partial charge is 0.241 e. The molecule has 0 radical (unpaired) electrons. The molecule has 0 saturated carbocycles. The first-order valence-corrected chi connectivity index (χ1v) is 7.40. The molecule has 1 aromatic carbocycles. The average molecular weight is 276 g/mol. The Morgan fingerprint density at radius 2 is 2.10 bits per heavy atom. The fraction of sp³-hybridized carbons (Fsp3) is 0.562. The van der Waals surface area contributed by atoms with E-state index in [1.807, 2.05) is 30.1 Å². The number of aliphatic hydroxyl groups excluding tert-OH is 1. The van der Waals surface area contributed by atoms with E-state index in [1.165, 1.54) is 5.56 Å². The third-order valence-corrected chi connectivity index (χ3v) is 3.79. The van der Waals surface area contributed by atoms with Crippen molar-refractivity contribution in [2.45, 2.75) is 25.7 Å². The van der Waals surface area contributed by atoms with Crippen LogP contribution in [0.2, 0.25) is 0 Å². The van der Waals surface area contributed by atoms with E-state index in [9.17, 15) is 4.79 Å². The second-order valence-corrected chi connectivity index (χ2v) is 5.45. The van der Waals surface area contributed by atoms with Crippen molar-refractivity contribution in [2.24, 2.45) is 0 Å². The summed E-state index contributed by atoms with van der Waals surface area (Å²) >= 11 is 0. The monoisotopic (exact) mass is 276 g/mol. The molecule has 0 fully saturated rings. The van der Waals surface area contributed by atoms with E-state index in [0.29, 0.717) is 6.54 Å². The van der Waals surface area contributed by atoms with Gasteiger partial charge in [-0.2, -0.15) is 0 Å². The zero-order valence-corrected chi connectivity index (χ0v) is 12.2. The fourth-order valence-corrected chi connectivity index (χ4v) is 2.66. The summed E-state index contributed by atoms with van der Waals surface area (Å²) < 4.78 is 0. The highest BCUT2D eigenvalue weighted by Gasteiger charge is 2.24. The topological polar surface area (TPSA) is 43.8 Å². The molecule has 110 valence electrons. The number of likely N-dealkylation sites (N-methyl/N-ethyl adjacent to an activating group) is 1. The van der Waals surface area contributed by atoms with Crippen molar-refractivity contribution in [3.63, 3.8) is 0 Å². The summed E-state index contributed by atoms with van der Waals surface area (Å²) in [6.45, 7) is 2.43. The SMILES string of the molecule is CN(CCCCCO)CC(=O)N1CCc2ccccc21. The number of nitrogens with zero attached hydrogens (tertiary/aromatic N) is 2. The molecule has 1 aromatic rings.